The molecule has 1 amide bonds. The van der Waals surface area contributed by atoms with E-state index in [9.17, 15) is 13.6 Å². The van der Waals surface area contributed by atoms with Crippen LogP contribution in [-0.2, 0) is 4.79 Å². The zero-order chi connectivity index (χ0) is 17.1. The van der Waals surface area contributed by atoms with Crippen LogP contribution in [0.3, 0.4) is 0 Å². The Morgan fingerprint density at radius 1 is 1.12 bits per heavy atom. The van der Waals surface area contributed by atoms with Crippen molar-refractivity contribution in [1.82, 2.24) is 0 Å². The maximum Gasteiger partial charge on any atom is 0.227 e. The van der Waals surface area contributed by atoms with Gasteiger partial charge >= 0.3 is 0 Å². The number of carbonyl (C=O) groups excluding carboxylic acids is 1. The van der Waals surface area contributed by atoms with Gasteiger partial charge in [0.05, 0.1) is 5.69 Å². The number of hydrogen-bond donors (Lipinski definition) is 1. The summed E-state index contributed by atoms with van der Waals surface area (Å²) in [5.41, 5.74) is 1.05. The molecule has 0 radical (unpaired) electrons. The molecule has 0 spiro atoms. The molecule has 0 unspecified atom stereocenters. The van der Waals surface area contributed by atoms with Crippen LogP contribution in [0.4, 0.5) is 20.2 Å². The molecule has 1 N–H and O–H groups in total. The number of piperidine rings is 1. The highest BCUT2D eigenvalue weighted by molar-refractivity contribution is 6.30. The van der Waals surface area contributed by atoms with Crippen molar-refractivity contribution >= 4 is 28.9 Å². The average Bonchev–Trinajstić information content (AvgIpc) is 2.57. The Hall–Kier alpha value is -2.14. The SMILES string of the molecule is O=C(Nc1ccc(F)cc1F)C1CCN(c2cccc(Cl)c2)CC1. The van der Waals surface area contributed by atoms with Crippen LogP contribution in [-0.4, -0.2) is 19.0 Å². The van der Waals surface area contributed by atoms with Crippen molar-refractivity contribution in [2.45, 2.75) is 12.8 Å². The fourth-order valence-electron chi connectivity index (χ4n) is 2.90. The zero-order valence-electron chi connectivity index (χ0n) is 12.9. The number of hydrogen-bond acceptors (Lipinski definition) is 2. The Morgan fingerprint density at radius 3 is 2.54 bits per heavy atom. The van der Waals surface area contributed by atoms with Crippen LogP contribution in [0.25, 0.3) is 0 Å². The largest absolute Gasteiger partial charge is 0.371 e. The highest BCUT2D eigenvalue weighted by Gasteiger charge is 2.25. The first-order valence-corrected chi connectivity index (χ1v) is 8.17. The summed E-state index contributed by atoms with van der Waals surface area (Å²) in [6.45, 7) is 1.45. The molecule has 0 aromatic heterocycles. The standard InChI is InChI=1S/C18H17ClF2N2O/c19-13-2-1-3-15(10-13)23-8-6-12(7-9-23)18(24)22-17-5-4-14(20)11-16(17)21/h1-5,10-12H,6-9H2,(H,22,24). The van der Waals surface area contributed by atoms with Gasteiger partial charge in [0, 0.05) is 35.8 Å². The van der Waals surface area contributed by atoms with E-state index in [0.29, 0.717) is 17.9 Å². The highest BCUT2D eigenvalue weighted by atomic mass is 35.5. The van der Waals surface area contributed by atoms with Crippen LogP contribution in [0.1, 0.15) is 12.8 Å². The predicted octanol–water partition coefficient (Wildman–Crippen LogP) is 4.47. The number of halogens is 3. The maximum atomic E-state index is 13.6. The minimum atomic E-state index is -0.764. The van der Waals surface area contributed by atoms with Gasteiger partial charge in [0.1, 0.15) is 11.6 Å². The van der Waals surface area contributed by atoms with Crippen LogP contribution >= 0.6 is 11.6 Å². The first kappa shape index (κ1) is 16.7. The fraction of sp³-hybridized carbons (Fsp3) is 0.278. The molecule has 3 nitrogen and oxygen atoms in total. The molecule has 3 rings (SSSR count). The second kappa shape index (κ2) is 7.18. The molecule has 0 aliphatic carbocycles. The lowest BCUT2D eigenvalue weighted by molar-refractivity contribution is -0.120. The smallest absolute Gasteiger partial charge is 0.227 e. The van der Waals surface area contributed by atoms with Crippen molar-refractivity contribution in [3.8, 4) is 0 Å². The predicted molar refractivity (Wildman–Crippen MR) is 91.4 cm³/mol. The quantitative estimate of drug-likeness (QED) is 0.885. The van der Waals surface area contributed by atoms with Crippen LogP contribution in [0.2, 0.25) is 5.02 Å². The van der Waals surface area contributed by atoms with Crippen LogP contribution in [0, 0.1) is 17.6 Å². The monoisotopic (exact) mass is 350 g/mol. The van der Waals surface area contributed by atoms with Crippen molar-refractivity contribution < 1.29 is 13.6 Å². The molecule has 0 atom stereocenters. The van der Waals surface area contributed by atoms with E-state index in [0.717, 1.165) is 30.9 Å². The lowest BCUT2D eigenvalue weighted by atomic mass is 9.95. The van der Waals surface area contributed by atoms with E-state index in [2.05, 4.69) is 10.2 Å². The summed E-state index contributed by atoms with van der Waals surface area (Å²) in [6, 6.07) is 10.7. The summed E-state index contributed by atoms with van der Waals surface area (Å²) in [5, 5.41) is 3.23. The Morgan fingerprint density at radius 2 is 1.88 bits per heavy atom. The maximum absolute atomic E-state index is 13.6. The lowest BCUT2D eigenvalue weighted by Gasteiger charge is -2.33. The third-order valence-electron chi connectivity index (χ3n) is 4.23. The topological polar surface area (TPSA) is 32.3 Å². The molecule has 1 heterocycles. The van der Waals surface area contributed by atoms with Gasteiger partial charge in [-0.05, 0) is 43.2 Å². The van der Waals surface area contributed by atoms with Crippen molar-refractivity contribution in [3.05, 3.63) is 59.1 Å². The minimum absolute atomic E-state index is 0.0127. The van der Waals surface area contributed by atoms with E-state index in [4.69, 9.17) is 11.6 Å². The van der Waals surface area contributed by atoms with E-state index in [1.54, 1.807) is 0 Å². The fourth-order valence-corrected chi connectivity index (χ4v) is 3.08. The van der Waals surface area contributed by atoms with Gasteiger partial charge in [0.2, 0.25) is 5.91 Å². The number of rotatable bonds is 3. The van der Waals surface area contributed by atoms with Gasteiger partial charge in [0.15, 0.2) is 0 Å². The van der Waals surface area contributed by atoms with E-state index >= 15 is 0 Å². The minimum Gasteiger partial charge on any atom is -0.371 e. The summed E-state index contributed by atoms with van der Waals surface area (Å²) in [6.07, 6.45) is 1.34. The van der Waals surface area contributed by atoms with E-state index in [1.807, 2.05) is 24.3 Å². The molecular weight excluding hydrogens is 334 g/mol. The summed E-state index contributed by atoms with van der Waals surface area (Å²) in [5.74, 6) is -1.85. The molecule has 2 aromatic rings. The van der Waals surface area contributed by atoms with E-state index in [1.165, 1.54) is 6.07 Å². The Labute approximate surface area is 144 Å². The molecule has 2 aromatic carbocycles. The molecule has 0 saturated carbocycles. The highest BCUT2D eigenvalue weighted by Crippen LogP contribution is 2.26. The normalized spacial score (nSPS) is 15.4. The van der Waals surface area contributed by atoms with Gasteiger partial charge in [-0.15, -0.1) is 0 Å². The molecule has 0 bridgehead atoms. The number of benzene rings is 2. The second-order valence-electron chi connectivity index (χ2n) is 5.85. The second-order valence-corrected chi connectivity index (χ2v) is 6.29. The average molecular weight is 351 g/mol. The first-order chi connectivity index (χ1) is 11.5. The van der Waals surface area contributed by atoms with E-state index in [-0.39, 0.29) is 17.5 Å². The number of nitrogens with zero attached hydrogens (tertiary/aromatic N) is 1. The molecule has 1 saturated heterocycles. The van der Waals surface area contributed by atoms with Gasteiger partial charge in [0.25, 0.3) is 0 Å². The summed E-state index contributed by atoms with van der Waals surface area (Å²) >= 11 is 6.01. The number of carbonyl (C=O) groups is 1. The van der Waals surface area contributed by atoms with Crippen molar-refractivity contribution in [2.24, 2.45) is 5.92 Å². The van der Waals surface area contributed by atoms with Crippen LogP contribution < -0.4 is 10.2 Å². The third-order valence-corrected chi connectivity index (χ3v) is 4.46. The zero-order valence-corrected chi connectivity index (χ0v) is 13.7. The molecule has 1 fully saturated rings. The van der Waals surface area contributed by atoms with E-state index < -0.39 is 11.6 Å². The molecule has 6 heteroatoms. The van der Waals surface area contributed by atoms with Gasteiger partial charge in [-0.2, -0.15) is 0 Å². The number of anilines is 2. The number of amides is 1. The van der Waals surface area contributed by atoms with Crippen LogP contribution in [0.15, 0.2) is 42.5 Å². The van der Waals surface area contributed by atoms with Gasteiger partial charge in [-0.25, -0.2) is 8.78 Å². The Kier molecular flexibility index (Phi) is 5.00. The molecule has 1 aliphatic heterocycles. The summed E-state index contributed by atoms with van der Waals surface area (Å²) in [7, 11) is 0. The van der Waals surface area contributed by atoms with Gasteiger partial charge in [-0.1, -0.05) is 17.7 Å². The van der Waals surface area contributed by atoms with Crippen LogP contribution in [0.5, 0.6) is 0 Å². The first-order valence-electron chi connectivity index (χ1n) is 7.79. The van der Waals surface area contributed by atoms with Gasteiger partial charge in [-0.3, -0.25) is 4.79 Å². The van der Waals surface area contributed by atoms with Crippen molar-refractivity contribution in [2.75, 3.05) is 23.3 Å². The Balaban J connectivity index is 1.59. The van der Waals surface area contributed by atoms with Crippen molar-refractivity contribution in [3.63, 3.8) is 0 Å². The number of nitrogens with one attached hydrogen (secondary N) is 1. The third kappa shape index (κ3) is 3.85. The molecule has 24 heavy (non-hydrogen) atoms. The molecular formula is C18H17ClF2N2O. The van der Waals surface area contributed by atoms with Crippen molar-refractivity contribution in [1.29, 1.82) is 0 Å². The summed E-state index contributed by atoms with van der Waals surface area (Å²) in [4.78, 5) is 14.5. The lowest BCUT2D eigenvalue weighted by Crippen LogP contribution is -2.38. The Bertz CT molecular complexity index is 746. The van der Waals surface area contributed by atoms with Gasteiger partial charge < -0.3 is 10.2 Å². The molecule has 126 valence electrons. The molecule has 1 aliphatic rings. The summed E-state index contributed by atoms with van der Waals surface area (Å²) < 4.78 is 26.5.